The molecule has 0 saturated carbocycles. The van der Waals surface area contributed by atoms with Crippen molar-refractivity contribution in [1.29, 1.82) is 0 Å². The Morgan fingerprint density at radius 1 is 1.04 bits per heavy atom. The van der Waals surface area contributed by atoms with E-state index in [2.05, 4.69) is 25.2 Å². The highest BCUT2D eigenvalue weighted by Gasteiger charge is 2.30. The quantitative estimate of drug-likeness (QED) is 0.748. The Hall–Kier alpha value is -3.16. The lowest BCUT2D eigenvalue weighted by molar-refractivity contribution is -0.137. The average Bonchev–Trinajstić information content (AvgIpc) is 2.68. The number of halogens is 3. The number of fused-ring (bicyclic) bond motifs is 1. The molecule has 4 rings (SSSR count). The zero-order valence-electron chi connectivity index (χ0n) is 14.2. The Morgan fingerprint density at radius 2 is 1.85 bits per heavy atom. The van der Waals surface area contributed by atoms with Crippen molar-refractivity contribution >= 4 is 17.2 Å². The van der Waals surface area contributed by atoms with Gasteiger partial charge in [-0.1, -0.05) is 0 Å². The Kier molecular flexibility index (Phi) is 4.39. The number of pyridine rings is 1. The lowest BCUT2D eigenvalue weighted by Crippen LogP contribution is -2.31. The van der Waals surface area contributed by atoms with Crippen molar-refractivity contribution in [2.45, 2.75) is 19.1 Å². The molecule has 1 aliphatic rings. The van der Waals surface area contributed by atoms with Gasteiger partial charge in [0.1, 0.15) is 12.1 Å². The highest BCUT2D eigenvalue weighted by atomic mass is 19.4. The molecule has 0 atom stereocenters. The van der Waals surface area contributed by atoms with E-state index in [9.17, 15) is 13.2 Å². The molecule has 0 saturated heterocycles. The second-order valence-corrected chi connectivity index (χ2v) is 6.23. The zero-order chi connectivity index (χ0) is 18.9. The van der Waals surface area contributed by atoms with E-state index >= 15 is 0 Å². The van der Waals surface area contributed by atoms with Crippen molar-refractivity contribution in [3.8, 4) is 0 Å². The minimum absolute atomic E-state index is 0.554. The van der Waals surface area contributed by atoms with Crippen LogP contribution in [0, 0.1) is 0 Å². The zero-order valence-corrected chi connectivity index (χ0v) is 14.2. The summed E-state index contributed by atoms with van der Waals surface area (Å²) in [5.41, 5.74) is 2.79. The minimum Gasteiger partial charge on any atom is -0.364 e. The number of aromatic nitrogens is 3. The summed E-state index contributed by atoms with van der Waals surface area (Å²) in [6.07, 6.45) is 1.40. The molecule has 2 aromatic heterocycles. The molecule has 1 aromatic carbocycles. The number of hydrogen-bond donors (Lipinski definition) is 1. The number of anilines is 3. The number of hydrogen-bond acceptors (Lipinski definition) is 5. The molecule has 0 unspecified atom stereocenters. The summed E-state index contributed by atoms with van der Waals surface area (Å²) in [6.45, 7) is 1.42. The van der Waals surface area contributed by atoms with E-state index in [1.54, 1.807) is 6.20 Å². The van der Waals surface area contributed by atoms with E-state index in [0.29, 0.717) is 18.1 Å². The molecule has 0 spiro atoms. The van der Waals surface area contributed by atoms with Crippen LogP contribution in [0.1, 0.15) is 16.8 Å². The van der Waals surface area contributed by atoms with Crippen LogP contribution in [0.15, 0.2) is 55.1 Å². The van der Waals surface area contributed by atoms with Crippen LogP contribution in [-0.4, -0.2) is 21.5 Å². The lowest BCUT2D eigenvalue weighted by Gasteiger charge is -2.30. The summed E-state index contributed by atoms with van der Waals surface area (Å²) in [6, 6.07) is 8.81. The third kappa shape index (κ3) is 3.69. The summed E-state index contributed by atoms with van der Waals surface area (Å²) < 4.78 is 38.1. The van der Waals surface area contributed by atoms with Crippen LogP contribution in [0.3, 0.4) is 0 Å². The predicted molar refractivity (Wildman–Crippen MR) is 95.7 cm³/mol. The molecule has 0 radical (unpaired) electrons. The van der Waals surface area contributed by atoms with Gasteiger partial charge in [0.05, 0.1) is 29.7 Å². The largest absolute Gasteiger partial charge is 0.416 e. The Morgan fingerprint density at radius 3 is 2.56 bits per heavy atom. The summed E-state index contributed by atoms with van der Waals surface area (Å²) in [5.74, 6) is 0.630. The fraction of sp³-hybridized carbons (Fsp3) is 0.211. The van der Waals surface area contributed by atoms with Gasteiger partial charge in [0.15, 0.2) is 0 Å². The summed E-state index contributed by atoms with van der Waals surface area (Å²) in [7, 11) is 0. The van der Waals surface area contributed by atoms with Gasteiger partial charge in [-0.25, -0.2) is 9.97 Å². The second-order valence-electron chi connectivity index (χ2n) is 6.23. The van der Waals surface area contributed by atoms with E-state index in [0.717, 1.165) is 42.0 Å². The molecule has 8 heteroatoms. The molecule has 0 fully saturated rings. The van der Waals surface area contributed by atoms with Crippen LogP contribution in [0.5, 0.6) is 0 Å². The summed E-state index contributed by atoms with van der Waals surface area (Å²) in [4.78, 5) is 15.0. The fourth-order valence-electron chi connectivity index (χ4n) is 3.10. The second kappa shape index (κ2) is 6.86. The molecular weight excluding hydrogens is 355 g/mol. The van der Waals surface area contributed by atoms with E-state index in [1.807, 2.05) is 18.3 Å². The standard InChI is InChI=1S/C19H16F3N5/c20-19(21,22)13-3-5-14(6-4-13)26-18-16-7-9-27(11-17(16)24-12-25-18)15-2-1-8-23-10-15/h1-6,8,10,12H,7,9,11H2,(H,24,25,26). The highest BCUT2D eigenvalue weighted by molar-refractivity contribution is 5.61. The Labute approximate surface area is 153 Å². The van der Waals surface area contributed by atoms with Gasteiger partial charge >= 0.3 is 6.18 Å². The number of rotatable bonds is 3. The Bertz CT molecular complexity index is 926. The van der Waals surface area contributed by atoms with Crippen LogP contribution in [0.4, 0.5) is 30.4 Å². The minimum atomic E-state index is -4.34. The van der Waals surface area contributed by atoms with Crippen LogP contribution in [-0.2, 0) is 19.1 Å². The van der Waals surface area contributed by atoms with Crippen LogP contribution >= 0.6 is 0 Å². The van der Waals surface area contributed by atoms with Crippen LogP contribution < -0.4 is 10.2 Å². The highest BCUT2D eigenvalue weighted by Crippen LogP contribution is 2.31. The van der Waals surface area contributed by atoms with Crippen LogP contribution in [0.25, 0.3) is 0 Å². The average molecular weight is 371 g/mol. The van der Waals surface area contributed by atoms with Gasteiger partial charge in [-0.15, -0.1) is 0 Å². The number of nitrogens with zero attached hydrogens (tertiary/aromatic N) is 4. The predicted octanol–water partition coefficient (Wildman–Crippen LogP) is 4.20. The summed E-state index contributed by atoms with van der Waals surface area (Å²) >= 11 is 0. The van der Waals surface area contributed by atoms with Crippen molar-refractivity contribution in [3.05, 3.63) is 71.9 Å². The van der Waals surface area contributed by atoms with Gasteiger partial charge < -0.3 is 10.2 Å². The molecule has 3 heterocycles. The molecule has 1 N–H and O–H groups in total. The van der Waals surface area contributed by atoms with Crippen LogP contribution in [0.2, 0.25) is 0 Å². The molecule has 5 nitrogen and oxygen atoms in total. The normalized spacial score (nSPS) is 14.0. The maximum Gasteiger partial charge on any atom is 0.416 e. The first-order valence-electron chi connectivity index (χ1n) is 8.43. The van der Waals surface area contributed by atoms with Gasteiger partial charge in [0.2, 0.25) is 0 Å². The molecule has 0 bridgehead atoms. The smallest absolute Gasteiger partial charge is 0.364 e. The van der Waals surface area contributed by atoms with E-state index in [1.165, 1.54) is 18.5 Å². The van der Waals surface area contributed by atoms with Crippen molar-refractivity contribution in [2.24, 2.45) is 0 Å². The topological polar surface area (TPSA) is 53.9 Å². The lowest BCUT2D eigenvalue weighted by atomic mass is 10.0. The van der Waals surface area contributed by atoms with Gasteiger partial charge in [-0.2, -0.15) is 13.2 Å². The first-order valence-corrected chi connectivity index (χ1v) is 8.43. The fourth-order valence-corrected chi connectivity index (χ4v) is 3.10. The molecule has 1 aliphatic heterocycles. The number of alkyl halides is 3. The van der Waals surface area contributed by atoms with E-state index in [-0.39, 0.29) is 0 Å². The number of benzene rings is 1. The van der Waals surface area contributed by atoms with Gasteiger partial charge in [-0.3, -0.25) is 4.98 Å². The maximum atomic E-state index is 12.7. The number of nitrogens with one attached hydrogen (secondary N) is 1. The monoisotopic (exact) mass is 371 g/mol. The van der Waals surface area contributed by atoms with Gasteiger partial charge in [-0.05, 0) is 42.8 Å². The Balaban J connectivity index is 1.55. The van der Waals surface area contributed by atoms with Crippen molar-refractivity contribution in [2.75, 3.05) is 16.8 Å². The van der Waals surface area contributed by atoms with Gasteiger partial charge in [0.25, 0.3) is 0 Å². The van der Waals surface area contributed by atoms with Gasteiger partial charge in [0, 0.05) is 24.0 Å². The third-order valence-electron chi connectivity index (χ3n) is 4.49. The maximum absolute atomic E-state index is 12.7. The first-order chi connectivity index (χ1) is 13.0. The SMILES string of the molecule is FC(F)(F)c1ccc(Nc2ncnc3c2CCN(c2cccnc2)C3)cc1. The summed E-state index contributed by atoms with van der Waals surface area (Å²) in [5, 5.41) is 3.12. The molecule has 27 heavy (non-hydrogen) atoms. The molecule has 0 amide bonds. The third-order valence-corrected chi connectivity index (χ3v) is 4.49. The molecule has 3 aromatic rings. The van der Waals surface area contributed by atoms with E-state index < -0.39 is 11.7 Å². The van der Waals surface area contributed by atoms with Crippen molar-refractivity contribution < 1.29 is 13.2 Å². The first kappa shape index (κ1) is 17.3. The molecule has 0 aliphatic carbocycles. The van der Waals surface area contributed by atoms with E-state index in [4.69, 9.17) is 0 Å². The van der Waals surface area contributed by atoms with Crippen molar-refractivity contribution in [1.82, 2.24) is 15.0 Å². The molecular formula is C19H16F3N5. The van der Waals surface area contributed by atoms with Crippen molar-refractivity contribution in [3.63, 3.8) is 0 Å². The molecule has 138 valence electrons.